The fourth-order valence-corrected chi connectivity index (χ4v) is 4.08. The van der Waals surface area contributed by atoms with Gasteiger partial charge in [0.25, 0.3) is 0 Å². The Hall–Kier alpha value is -1.96. The molecule has 2 rings (SSSR count). The highest BCUT2D eigenvalue weighted by Gasteiger charge is 2.71. The Bertz CT molecular complexity index is 759. The number of aryl methyl sites for hydroxylation is 1. The van der Waals surface area contributed by atoms with Crippen molar-refractivity contribution in [2.24, 2.45) is 17.6 Å². The van der Waals surface area contributed by atoms with Crippen LogP contribution in [0.3, 0.4) is 0 Å². The Morgan fingerprint density at radius 1 is 1.30 bits per heavy atom. The minimum absolute atomic E-state index is 0.114. The summed E-state index contributed by atoms with van der Waals surface area (Å²) in [5, 5.41) is 8.93. The Balaban J connectivity index is 2.74. The number of halogens is 5. The van der Waals surface area contributed by atoms with Gasteiger partial charge in [0.05, 0.1) is 12.3 Å². The van der Waals surface area contributed by atoms with Gasteiger partial charge in [0.2, 0.25) is 5.67 Å². The summed E-state index contributed by atoms with van der Waals surface area (Å²) in [6, 6.07) is 4.59. The van der Waals surface area contributed by atoms with E-state index in [1.165, 1.54) is 6.07 Å². The van der Waals surface area contributed by atoms with Gasteiger partial charge in [-0.15, -0.1) is 0 Å². The van der Waals surface area contributed by atoms with Crippen LogP contribution in [0.5, 0.6) is 0 Å². The highest BCUT2D eigenvalue weighted by Crippen LogP contribution is 2.58. The van der Waals surface area contributed by atoms with E-state index in [0.717, 1.165) is 19.9 Å². The normalized spacial score (nSPS) is 32.7. The van der Waals surface area contributed by atoms with Gasteiger partial charge in [0.1, 0.15) is 5.67 Å². The predicted molar refractivity (Wildman–Crippen MR) is 91.4 cm³/mol. The Labute approximate surface area is 154 Å². The van der Waals surface area contributed by atoms with Crippen LogP contribution < -0.4 is 5.73 Å². The molecule has 0 saturated carbocycles. The topological polar surface area (TPSA) is 63.3 Å². The lowest BCUT2D eigenvalue weighted by Gasteiger charge is -2.50. The van der Waals surface area contributed by atoms with Crippen molar-refractivity contribution in [2.75, 3.05) is 0 Å². The van der Waals surface area contributed by atoms with E-state index in [9.17, 15) is 18.0 Å². The molecule has 0 amide bonds. The molecule has 0 aliphatic heterocycles. The zero-order valence-electron chi connectivity index (χ0n) is 15.1. The van der Waals surface area contributed by atoms with Gasteiger partial charge < -0.3 is 10.8 Å². The second-order valence-corrected chi connectivity index (χ2v) is 7.26. The van der Waals surface area contributed by atoms with E-state index < -0.39 is 47.8 Å². The Kier molecular flexibility index (Phi) is 5.45. The molecule has 1 aromatic rings. The molecule has 0 bridgehead atoms. The predicted octanol–water partition coefficient (Wildman–Crippen LogP) is 4.45. The van der Waals surface area contributed by atoms with Crippen LogP contribution in [-0.2, 0) is 4.79 Å². The number of carboxylic acids is 1. The monoisotopic (exact) mass is 391 g/mol. The maximum atomic E-state index is 15.9. The molecule has 3 N–H and O–H groups in total. The van der Waals surface area contributed by atoms with Crippen molar-refractivity contribution in [3.8, 4) is 0 Å². The lowest BCUT2D eigenvalue weighted by atomic mass is 9.60. The average Bonchev–Trinajstić information content (AvgIpc) is 2.49. The number of benzene rings is 1. The first-order valence-corrected chi connectivity index (χ1v) is 8.44. The van der Waals surface area contributed by atoms with E-state index in [1.54, 1.807) is 25.1 Å². The summed E-state index contributed by atoms with van der Waals surface area (Å²) in [5.41, 5.74) is -0.363. The highest BCUT2D eigenvalue weighted by atomic mass is 19.4. The van der Waals surface area contributed by atoms with Crippen LogP contribution in [-0.4, -0.2) is 34.6 Å². The largest absolute Gasteiger partial charge is 0.481 e. The quantitative estimate of drug-likeness (QED) is 0.746. The molecule has 1 aromatic carbocycles. The van der Waals surface area contributed by atoms with E-state index in [4.69, 9.17) is 10.8 Å². The molecule has 0 aromatic heterocycles. The number of hydrogen-bond acceptors (Lipinski definition) is 2. The fraction of sp³-hybridized carbons (Fsp3) is 0.526. The van der Waals surface area contributed by atoms with Gasteiger partial charge in [-0.05, 0) is 30.5 Å². The fourth-order valence-electron chi connectivity index (χ4n) is 4.08. The van der Waals surface area contributed by atoms with Gasteiger partial charge >= 0.3 is 12.1 Å². The van der Waals surface area contributed by atoms with Crippen LogP contribution in [0.1, 0.15) is 31.4 Å². The van der Waals surface area contributed by atoms with Crippen LogP contribution in [0.25, 0.3) is 5.57 Å². The summed E-state index contributed by atoms with van der Waals surface area (Å²) in [6.07, 6.45) is -5.46. The van der Waals surface area contributed by atoms with Crippen molar-refractivity contribution in [2.45, 2.75) is 50.7 Å². The Morgan fingerprint density at radius 2 is 1.85 bits per heavy atom. The Morgan fingerprint density at radius 3 is 2.33 bits per heavy atom. The summed E-state index contributed by atoms with van der Waals surface area (Å²) >= 11 is 0. The van der Waals surface area contributed by atoms with Crippen LogP contribution >= 0.6 is 0 Å². The second-order valence-electron chi connectivity index (χ2n) is 7.26. The first kappa shape index (κ1) is 21.3. The second kappa shape index (κ2) is 6.89. The number of nitrogens with two attached hydrogens (primary N) is 1. The van der Waals surface area contributed by atoms with Gasteiger partial charge in [-0.2, -0.15) is 13.2 Å². The summed E-state index contributed by atoms with van der Waals surface area (Å²) < 4.78 is 72.4. The standard InChI is InChI=1S/C19H22F5NO2/c1-10-6-4-5-7-12(10)13-8-11(2)18(21,19(22,23)24)16(17(13,3)20)14(25)9-15(26)27/h4-8,11,14,16H,9,25H2,1-3H3,(H,26,27). The third kappa shape index (κ3) is 3.47. The first-order valence-electron chi connectivity index (χ1n) is 8.44. The number of allylic oxidation sites excluding steroid dienone is 2. The number of rotatable bonds is 4. The van der Waals surface area contributed by atoms with E-state index in [-0.39, 0.29) is 5.57 Å². The summed E-state index contributed by atoms with van der Waals surface area (Å²) in [6.45, 7) is 3.50. The molecule has 0 heterocycles. The molecule has 1 aliphatic carbocycles. The zero-order chi connectivity index (χ0) is 20.8. The smallest absolute Gasteiger partial charge is 0.423 e. The molecule has 0 saturated heterocycles. The summed E-state index contributed by atoms with van der Waals surface area (Å²) in [5.74, 6) is -5.70. The SMILES string of the molecule is Cc1ccccc1C1=CC(C)C(F)(C(F)(F)F)C(C(N)CC(=O)O)C1(C)F. The van der Waals surface area contributed by atoms with Crippen molar-refractivity contribution >= 4 is 11.5 Å². The molecular weight excluding hydrogens is 369 g/mol. The lowest BCUT2D eigenvalue weighted by molar-refractivity contribution is -0.276. The molecular formula is C19H22F5NO2. The van der Waals surface area contributed by atoms with Gasteiger partial charge in [-0.25, -0.2) is 8.78 Å². The number of alkyl halides is 5. The average molecular weight is 391 g/mol. The van der Waals surface area contributed by atoms with Crippen molar-refractivity contribution in [3.63, 3.8) is 0 Å². The number of carbonyl (C=O) groups is 1. The van der Waals surface area contributed by atoms with Crippen LogP contribution in [0.15, 0.2) is 30.3 Å². The highest BCUT2D eigenvalue weighted by molar-refractivity contribution is 5.76. The summed E-state index contributed by atoms with van der Waals surface area (Å²) in [7, 11) is 0. The van der Waals surface area contributed by atoms with Gasteiger partial charge in [0.15, 0.2) is 0 Å². The maximum absolute atomic E-state index is 15.9. The minimum atomic E-state index is -5.42. The van der Waals surface area contributed by atoms with Crippen LogP contribution in [0.4, 0.5) is 22.0 Å². The molecule has 0 spiro atoms. The van der Waals surface area contributed by atoms with Gasteiger partial charge in [-0.3, -0.25) is 4.79 Å². The molecule has 5 unspecified atom stereocenters. The first-order chi connectivity index (χ1) is 12.2. The third-order valence-electron chi connectivity index (χ3n) is 5.35. The number of aliphatic carboxylic acids is 1. The van der Waals surface area contributed by atoms with E-state index in [0.29, 0.717) is 11.1 Å². The molecule has 5 atom stereocenters. The van der Waals surface area contributed by atoms with Crippen LogP contribution in [0, 0.1) is 18.8 Å². The van der Waals surface area contributed by atoms with Gasteiger partial charge in [-0.1, -0.05) is 37.3 Å². The van der Waals surface area contributed by atoms with Crippen molar-refractivity contribution in [1.29, 1.82) is 0 Å². The van der Waals surface area contributed by atoms with Crippen molar-refractivity contribution < 1.29 is 31.9 Å². The number of carboxylic acid groups (broad SMARTS) is 1. The molecule has 0 radical (unpaired) electrons. The minimum Gasteiger partial charge on any atom is -0.481 e. The molecule has 0 fully saturated rings. The van der Waals surface area contributed by atoms with E-state index >= 15 is 8.78 Å². The van der Waals surface area contributed by atoms with Gasteiger partial charge in [0, 0.05) is 12.0 Å². The lowest BCUT2D eigenvalue weighted by Crippen LogP contribution is -2.65. The maximum Gasteiger partial charge on any atom is 0.423 e. The van der Waals surface area contributed by atoms with Crippen molar-refractivity contribution in [3.05, 3.63) is 41.5 Å². The number of hydrogen-bond donors (Lipinski definition) is 2. The molecule has 1 aliphatic rings. The summed E-state index contributed by atoms with van der Waals surface area (Å²) in [4.78, 5) is 11.0. The third-order valence-corrected chi connectivity index (χ3v) is 5.35. The molecule has 150 valence electrons. The molecule has 27 heavy (non-hydrogen) atoms. The zero-order valence-corrected chi connectivity index (χ0v) is 15.1. The van der Waals surface area contributed by atoms with Crippen LogP contribution in [0.2, 0.25) is 0 Å². The van der Waals surface area contributed by atoms with Crippen molar-refractivity contribution in [1.82, 2.24) is 0 Å². The van der Waals surface area contributed by atoms with E-state index in [1.807, 2.05) is 0 Å². The van der Waals surface area contributed by atoms with E-state index in [2.05, 4.69) is 0 Å². The molecule has 8 heteroatoms. The molecule has 3 nitrogen and oxygen atoms in total.